The van der Waals surface area contributed by atoms with Crippen molar-refractivity contribution in [3.8, 4) is 22.6 Å². The lowest BCUT2D eigenvalue weighted by Gasteiger charge is -2.10. The van der Waals surface area contributed by atoms with Crippen LogP contribution in [0, 0.1) is 6.92 Å². The number of para-hydroxylation sites is 2. The van der Waals surface area contributed by atoms with Gasteiger partial charge < -0.3 is 5.32 Å². The van der Waals surface area contributed by atoms with Gasteiger partial charge in [0.25, 0.3) is 5.56 Å². The Morgan fingerprint density at radius 1 is 1.00 bits per heavy atom. The number of thiazole rings is 1. The molecule has 0 aliphatic carbocycles. The molecule has 0 fully saturated rings. The second-order valence-electron chi connectivity index (χ2n) is 8.37. The van der Waals surface area contributed by atoms with Crippen molar-refractivity contribution in [1.29, 1.82) is 0 Å². The Bertz CT molecular complexity index is 1720. The van der Waals surface area contributed by atoms with E-state index in [0.29, 0.717) is 16.2 Å². The third kappa shape index (κ3) is 4.62. The minimum absolute atomic E-state index is 0.156. The lowest BCUT2D eigenvalue weighted by Crippen LogP contribution is -2.24. The van der Waals surface area contributed by atoms with Crippen molar-refractivity contribution < 1.29 is 4.79 Å². The summed E-state index contributed by atoms with van der Waals surface area (Å²) in [4.78, 5) is 31.4. The van der Waals surface area contributed by atoms with Crippen molar-refractivity contribution in [2.75, 3.05) is 5.32 Å². The average molecular weight is 508 g/mol. The number of carbonyl (C=O) groups excluding carboxylic acids is 1. The van der Waals surface area contributed by atoms with Crippen molar-refractivity contribution in [2.45, 2.75) is 6.92 Å². The highest BCUT2D eigenvalue weighted by atomic mass is 32.1. The molecule has 0 saturated heterocycles. The van der Waals surface area contributed by atoms with E-state index >= 15 is 0 Å². The summed E-state index contributed by atoms with van der Waals surface area (Å²) in [6.07, 6.45) is 1.23. The summed E-state index contributed by atoms with van der Waals surface area (Å²) >= 11 is 1.45. The number of rotatable bonds is 6. The van der Waals surface area contributed by atoms with Crippen LogP contribution in [0.3, 0.4) is 0 Å². The number of amides is 1. The predicted molar refractivity (Wildman–Crippen MR) is 149 cm³/mol. The third-order valence-corrected chi connectivity index (χ3v) is 6.87. The van der Waals surface area contributed by atoms with Gasteiger partial charge in [0, 0.05) is 23.7 Å². The number of benzene rings is 3. The molecule has 8 heteroatoms. The molecule has 3 aromatic carbocycles. The second kappa shape index (κ2) is 10.1. The van der Waals surface area contributed by atoms with Crippen LogP contribution in [-0.4, -0.2) is 19.8 Å². The van der Waals surface area contributed by atoms with E-state index in [-0.39, 0.29) is 11.5 Å². The number of nitrogens with zero attached hydrogens (tertiary/aromatic N) is 4. The van der Waals surface area contributed by atoms with Gasteiger partial charge in [0.15, 0.2) is 4.80 Å². The number of hydrogen-bond acceptors (Lipinski definition) is 4. The molecule has 0 spiro atoms. The highest BCUT2D eigenvalue weighted by molar-refractivity contribution is 7.07. The van der Waals surface area contributed by atoms with Gasteiger partial charge in [-0.15, -0.1) is 11.3 Å². The molecule has 37 heavy (non-hydrogen) atoms. The summed E-state index contributed by atoms with van der Waals surface area (Å²) in [5.74, 6) is -0.292. The molecule has 1 amide bonds. The molecule has 2 aromatic heterocycles. The minimum Gasteiger partial charge on any atom is -0.323 e. The van der Waals surface area contributed by atoms with E-state index in [2.05, 4.69) is 11.9 Å². The molecule has 1 N–H and O–H groups in total. The molecule has 0 atom stereocenters. The van der Waals surface area contributed by atoms with Gasteiger partial charge in [0.2, 0.25) is 5.91 Å². The maximum Gasteiger partial charge on any atom is 0.296 e. The van der Waals surface area contributed by atoms with Crippen LogP contribution >= 0.6 is 11.3 Å². The number of aromatic nitrogens is 3. The van der Waals surface area contributed by atoms with Gasteiger partial charge in [-0.1, -0.05) is 55.1 Å². The van der Waals surface area contributed by atoms with Gasteiger partial charge >= 0.3 is 0 Å². The summed E-state index contributed by atoms with van der Waals surface area (Å²) in [6.45, 7) is 5.45. The van der Waals surface area contributed by atoms with Gasteiger partial charge in [-0.25, -0.2) is 9.67 Å². The lowest BCUT2D eigenvalue weighted by molar-refractivity contribution is -0.111. The zero-order chi connectivity index (χ0) is 25.9. The smallest absolute Gasteiger partial charge is 0.296 e. The van der Waals surface area contributed by atoms with Crippen LogP contribution < -0.4 is 15.7 Å². The van der Waals surface area contributed by atoms with E-state index in [1.165, 1.54) is 17.4 Å². The zero-order valence-electron chi connectivity index (χ0n) is 20.5. The first-order valence-electron chi connectivity index (χ1n) is 11.7. The Hall–Kier alpha value is -4.69. The molecule has 7 nitrogen and oxygen atoms in total. The zero-order valence-corrected chi connectivity index (χ0v) is 21.3. The monoisotopic (exact) mass is 507 g/mol. The molecule has 5 rings (SSSR count). The summed E-state index contributed by atoms with van der Waals surface area (Å²) in [5.41, 5.74) is 4.97. The number of nitrogens with one attached hydrogen (secondary N) is 1. The van der Waals surface area contributed by atoms with Crippen LogP contribution in [0.2, 0.25) is 0 Å². The average Bonchev–Trinajstić information content (AvgIpc) is 3.42. The first-order chi connectivity index (χ1) is 18.0. The fraction of sp³-hybridized carbons (Fsp3) is 0.0690. The Labute approximate surface area is 217 Å². The maximum atomic E-state index is 14.0. The number of hydrogen-bond donors (Lipinski definition) is 1. The van der Waals surface area contributed by atoms with Crippen LogP contribution in [0.15, 0.2) is 113 Å². The van der Waals surface area contributed by atoms with Gasteiger partial charge in [0.1, 0.15) is 5.69 Å². The van der Waals surface area contributed by atoms with Crippen molar-refractivity contribution in [3.63, 3.8) is 0 Å². The van der Waals surface area contributed by atoms with Gasteiger partial charge in [-0.2, -0.15) is 0 Å². The Morgan fingerprint density at radius 2 is 1.70 bits per heavy atom. The molecule has 5 aromatic rings. The van der Waals surface area contributed by atoms with Gasteiger partial charge in [-0.05, 0) is 49.4 Å². The van der Waals surface area contributed by atoms with Crippen molar-refractivity contribution in [1.82, 2.24) is 13.9 Å². The SMILES string of the molecule is C=CC(=O)Nc1cccc(-c2csc(=Nc3ccccc3)n2-c2c(C)n(C)n(-c3ccccc3)c2=O)c1. The normalized spacial score (nSPS) is 11.5. The summed E-state index contributed by atoms with van der Waals surface area (Å²) < 4.78 is 5.42. The molecule has 0 bridgehead atoms. The fourth-order valence-corrected chi connectivity index (χ4v) is 5.09. The first kappa shape index (κ1) is 24.0. The largest absolute Gasteiger partial charge is 0.323 e. The van der Waals surface area contributed by atoms with Crippen LogP contribution in [-0.2, 0) is 11.8 Å². The van der Waals surface area contributed by atoms with E-state index in [0.717, 1.165) is 28.3 Å². The van der Waals surface area contributed by atoms with E-state index < -0.39 is 0 Å². The molecule has 0 unspecified atom stereocenters. The molecule has 2 heterocycles. The fourth-order valence-electron chi connectivity index (χ4n) is 4.18. The van der Waals surface area contributed by atoms with Crippen LogP contribution in [0.25, 0.3) is 22.6 Å². The first-order valence-corrected chi connectivity index (χ1v) is 12.5. The van der Waals surface area contributed by atoms with Crippen LogP contribution in [0.1, 0.15) is 5.69 Å². The lowest BCUT2D eigenvalue weighted by atomic mass is 10.1. The molecular formula is C29H25N5O2S. The topological polar surface area (TPSA) is 73.3 Å². The van der Waals surface area contributed by atoms with E-state index in [9.17, 15) is 9.59 Å². The van der Waals surface area contributed by atoms with Crippen molar-refractivity contribution >= 4 is 28.6 Å². The van der Waals surface area contributed by atoms with Crippen LogP contribution in [0.4, 0.5) is 11.4 Å². The maximum absolute atomic E-state index is 14.0. The molecule has 0 saturated carbocycles. The Morgan fingerprint density at radius 3 is 2.41 bits per heavy atom. The molecular weight excluding hydrogens is 482 g/mol. The van der Waals surface area contributed by atoms with Crippen LogP contribution in [0.5, 0.6) is 0 Å². The van der Waals surface area contributed by atoms with E-state index in [1.54, 1.807) is 4.68 Å². The van der Waals surface area contributed by atoms with E-state index in [4.69, 9.17) is 4.99 Å². The minimum atomic E-state index is -0.292. The summed E-state index contributed by atoms with van der Waals surface area (Å²) in [5, 5.41) is 4.79. The van der Waals surface area contributed by atoms with Gasteiger partial charge in [-0.3, -0.25) is 18.8 Å². The highest BCUT2D eigenvalue weighted by Crippen LogP contribution is 2.27. The predicted octanol–water partition coefficient (Wildman–Crippen LogP) is 5.36. The Balaban J connectivity index is 1.78. The molecule has 0 radical (unpaired) electrons. The van der Waals surface area contributed by atoms with Crippen molar-refractivity contribution in [2.24, 2.45) is 12.0 Å². The summed E-state index contributed by atoms with van der Waals surface area (Å²) in [6, 6.07) is 26.7. The van der Waals surface area contributed by atoms with Crippen molar-refractivity contribution in [3.05, 3.63) is 124 Å². The highest BCUT2D eigenvalue weighted by Gasteiger charge is 2.22. The molecule has 0 aliphatic rings. The molecule has 184 valence electrons. The molecule has 0 aliphatic heterocycles. The number of carbonyl (C=O) groups is 1. The Kier molecular flexibility index (Phi) is 6.57. The standard InChI is InChI=1S/C29H25N5O2S/c1-4-26(35)30-23-15-11-12-21(18-23)25-19-37-29(31-22-13-7-5-8-14-22)33(25)27-20(2)32(3)34(28(27)36)24-16-9-6-10-17-24/h4-19H,1H2,2-3H3,(H,30,35). The van der Waals surface area contributed by atoms with E-state index in [1.807, 2.05) is 114 Å². The summed E-state index contributed by atoms with van der Waals surface area (Å²) in [7, 11) is 1.87. The number of anilines is 1. The van der Waals surface area contributed by atoms with Gasteiger partial charge in [0.05, 0.1) is 22.8 Å². The quantitative estimate of drug-likeness (QED) is 0.314. The second-order valence-corrected chi connectivity index (χ2v) is 9.21. The third-order valence-electron chi connectivity index (χ3n) is 6.05.